The van der Waals surface area contributed by atoms with E-state index in [1.54, 1.807) is 6.20 Å². The summed E-state index contributed by atoms with van der Waals surface area (Å²) in [5.74, 6) is 0.176. The van der Waals surface area contributed by atoms with Gasteiger partial charge in [-0.3, -0.25) is 19.3 Å². The van der Waals surface area contributed by atoms with E-state index >= 15 is 0 Å². The van der Waals surface area contributed by atoms with Gasteiger partial charge in [0, 0.05) is 45.9 Å². The van der Waals surface area contributed by atoms with Gasteiger partial charge in [0.25, 0.3) is 0 Å². The monoisotopic (exact) mass is 470 g/mol. The van der Waals surface area contributed by atoms with E-state index in [0.29, 0.717) is 12.1 Å². The van der Waals surface area contributed by atoms with Crippen molar-refractivity contribution in [1.82, 2.24) is 19.4 Å². The zero-order valence-electron chi connectivity index (χ0n) is 20.2. The maximum atomic E-state index is 13.8. The topological polar surface area (TPSA) is 75.5 Å². The normalized spacial score (nSPS) is 22.6. The predicted octanol–water partition coefficient (Wildman–Crippen LogP) is 3.86. The van der Waals surface area contributed by atoms with E-state index in [1.807, 2.05) is 77.3 Å². The number of likely N-dealkylation sites (tertiary alicyclic amines) is 2. The Balaban J connectivity index is 1.48. The lowest BCUT2D eigenvalue weighted by atomic mass is 9.75. The number of rotatable bonds is 5. The molecule has 0 spiro atoms. The summed E-state index contributed by atoms with van der Waals surface area (Å²) in [6, 6.07) is 17.6. The standard InChI is InChI=1S/C28H30N4O3/c1-30-17-15-29-26(30)23-10-6-7-16-32(23)25(34)19-28(18-24(33)31(2)27(28)35)22-13-11-21(12-14-22)20-8-4-3-5-9-20/h3-5,8-9,11-15,17,23H,6-7,10,16,18-19H2,1-2H3/t23-,28+/m0/s1. The van der Waals surface area contributed by atoms with Crippen LogP contribution >= 0.6 is 0 Å². The van der Waals surface area contributed by atoms with Gasteiger partial charge >= 0.3 is 0 Å². The molecule has 5 rings (SSSR count). The average Bonchev–Trinajstić information content (AvgIpc) is 3.41. The molecule has 2 aliphatic rings. The number of benzene rings is 2. The number of imide groups is 1. The highest BCUT2D eigenvalue weighted by molar-refractivity contribution is 6.10. The van der Waals surface area contributed by atoms with Crippen LogP contribution in [0.15, 0.2) is 67.0 Å². The Hall–Kier alpha value is -3.74. The van der Waals surface area contributed by atoms with E-state index in [1.165, 1.54) is 11.9 Å². The smallest absolute Gasteiger partial charge is 0.240 e. The zero-order valence-corrected chi connectivity index (χ0v) is 20.2. The Morgan fingerprint density at radius 1 is 1.00 bits per heavy atom. The number of hydrogen-bond acceptors (Lipinski definition) is 4. The number of carbonyl (C=O) groups excluding carboxylic acids is 3. The van der Waals surface area contributed by atoms with Gasteiger partial charge in [0.1, 0.15) is 5.82 Å². The molecule has 7 nitrogen and oxygen atoms in total. The molecule has 1 aromatic heterocycles. The van der Waals surface area contributed by atoms with Gasteiger partial charge in [-0.2, -0.15) is 0 Å². The highest BCUT2D eigenvalue weighted by atomic mass is 16.2. The summed E-state index contributed by atoms with van der Waals surface area (Å²) >= 11 is 0. The van der Waals surface area contributed by atoms with Gasteiger partial charge in [0.05, 0.1) is 11.5 Å². The number of amides is 3. The summed E-state index contributed by atoms with van der Waals surface area (Å²) in [6.07, 6.45) is 6.37. The third kappa shape index (κ3) is 4.05. The molecule has 35 heavy (non-hydrogen) atoms. The van der Waals surface area contributed by atoms with E-state index in [0.717, 1.165) is 36.2 Å². The first kappa shape index (κ1) is 23.0. The number of carbonyl (C=O) groups is 3. The van der Waals surface area contributed by atoms with Crippen molar-refractivity contribution in [1.29, 1.82) is 0 Å². The molecule has 2 atom stereocenters. The van der Waals surface area contributed by atoms with E-state index < -0.39 is 5.41 Å². The summed E-state index contributed by atoms with van der Waals surface area (Å²) in [4.78, 5) is 47.5. The number of piperidine rings is 1. The minimum absolute atomic E-state index is 0.000329. The summed E-state index contributed by atoms with van der Waals surface area (Å²) in [5, 5.41) is 0. The molecule has 180 valence electrons. The van der Waals surface area contributed by atoms with Crippen molar-refractivity contribution >= 4 is 17.7 Å². The maximum Gasteiger partial charge on any atom is 0.240 e. The van der Waals surface area contributed by atoms with Gasteiger partial charge in [-0.15, -0.1) is 0 Å². The molecule has 3 heterocycles. The van der Waals surface area contributed by atoms with Crippen molar-refractivity contribution in [3.63, 3.8) is 0 Å². The SMILES string of the molecule is CN1C(=O)C[C@@](CC(=O)N2CCCC[C@H]2c2nccn2C)(c2ccc(-c3ccccc3)cc2)C1=O. The van der Waals surface area contributed by atoms with Crippen LogP contribution in [0, 0.1) is 0 Å². The van der Waals surface area contributed by atoms with Crippen molar-refractivity contribution < 1.29 is 14.4 Å². The Morgan fingerprint density at radius 3 is 2.34 bits per heavy atom. The molecule has 0 N–H and O–H groups in total. The first-order chi connectivity index (χ1) is 16.9. The summed E-state index contributed by atoms with van der Waals surface area (Å²) in [6.45, 7) is 0.622. The van der Waals surface area contributed by atoms with E-state index in [2.05, 4.69) is 4.98 Å². The largest absolute Gasteiger partial charge is 0.336 e. The number of nitrogens with zero attached hydrogens (tertiary/aromatic N) is 4. The molecule has 0 aliphatic carbocycles. The van der Waals surface area contributed by atoms with Crippen LogP contribution in [0.4, 0.5) is 0 Å². The first-order valence-electron chi connectivity index (χ1n) is 12.1. The van der Waals surface area contributed by atoms with Gasteiger partial charge in [0.2, 0.25) is 17.7 Å². The van der Waals surface area contributed by atoms with E-state index in [-0.39, 0.29) is 36.6 Å². The Morgan fingerprint density at radius 2 is 1.71 bits per heavy atom. The van der Waals surface area contributed by atoms with Crippen LogP contribution in [-0.2, 0) is 26.8 Å². The van der Waals surface area contributed by atoms with Crippen LogP contribution in [0.25, 0.3) is 11.1 Å². The molecule has 0 bridgehead atoms. The Labute approximate surface area is 205 Å². The Bertz CT molecular complexity index is 1250. The average molecular weight is 471 g/mol. The van der Waals surface area contributed by atoms with Crippen LogP contribution in [0.3, 0.4) is 0 Å². The van der Waals surface area contributed by atoms with Gasteiger partial charge in [-0.1, -0.05) is 54.6 Å². The molecule has 2 saturated heterocycles. The third-order valence-corrected chi connectivity index (χ3v) is 7.52. The van der Waals surface area contributed by atoms with Crippen molar-refractivity contribution in [3.05, 3.63) is 78.4 Å². The summed E-state index contributed by atoms with van der Waals surface area (Å²) in [7, 11) is 3.44. The Kier molecular flexibility index (Phi) is 6.01. The maximum absolute atomic E-state index is 13.8. The van der Waals surface area contributed by atoms with Gasteiger partial charge in [-0.05, 0) is 36.0 Å². The highest BCUT2D eigenvalue weighted by Gasteiger charge is 2.53. The minimum Gasteiger partial charge on any atom is -0.336 e. The second-order valence-corrected chi connectivity index (χ2v) is 9.63. The lowest BCUT2D eigenvalue weighted by Crippen LogP contribution is -2.45. The van der Waals surface area contributed by atoms with Crippen molar-refractivity contribution in [2.24, 2.45) is 7.05 Å². The molecular weight excluding hydrogens is 440 g/mol. The van der Waals surface area contributed by atoms with Crippen LogP contribution in [0.1, 0.15) is 49.5 Å². The molecular formula is C28H30N4O3. The lowest BCUT2D eigenvalue weighted by Gasteiger charge is -2.37. The van der Waals surface area contributed by atoms with Crippen LogP contribution in [0.2, 0.25) is 0 Å². The van der Waals surface area contributed by atoms with E-state index in [4.69, 9.17) is 0 Å². The summed E-state index contributed by atoms with van der Waals surface area (Å²) in [5.41, 5.74) is 1.61. The van der Waals surface area contributed by atoms with Crippen molar-refractivity contribution in [3.8, 4) is 11.1 Å². The lowest BCUT2D eigenvalue weighted by molar-refractivity contribution is -0.143. The molecule has 0 radical (unpaired) electrons. The van der Waals surface area contributed by atoms with Crippen molar-refractivity contribution in [2.45, 2.75) is 43.6 Å². The highest BCUT2D eigenvalue weighted by Crippen LogP contribution is 2.42. The molecule has 3 amide bonds. The number of hydrogen-bond donors (Lipinski definition) is 0. The second-order valence-electron chi connectivity index (χ2n) is 9.63. The predicted molar refractivity (Wildman–Crippen MR) is 132 cm³/mol. The summed E-state index contributed by atoms with van der Waals surface area (Å²) < 4.78 is 1.95. The fourth-order valence-electron chi connectivity index (χ4n) is 5.52. The van der Waals surface area contributed by atoms with Gasteiger partial charge in [-0.25, -0.2) is 4.98 Å². The number of aryl methyl sites for hydroxylation is 1. The molecule has 2 fully saturated rings. The van der Waals surface area contributed by atoms with Crippen LogP contribution in [0.5, 0.6) is 0 Å². The molecule has 7 heteroatoms. The van der Waals surface area contributed by atoms with Gasteiger partial charge in [0.15, 0.2) is 0 Å². The second kappa shape index (κ2) is 9.13. The number of likely N-dealkylation sites (N-methyl/N-ethyl adjacent to an activating group) is 1. The van der Waals surface area contributed by atoms with Crippen LogP contribution < -0.4 is 0 Å². The minimum atomic E-state index is -1.19. The molecule has 0 unspecified atom stereocenters. The molecule has 2 aromatic carbocycles. The molecule has 3 aromatic rings. The first-order valence-corrected chi connectivity index (χ1v) is 12.1. The fourth-order valence-corrected chi connectivity index (χ4v) is 5.52. The fraction of sp³-hybridized carbons (Fsp3) is 0.357. The van der Waals surface area contributed by atoms with Crippen molar-refractivity contribution in [2.75, 3.05) is 13.6 Å². The third-order valence-electron chi connectivity index (χ3n) is 7.52. The zero-order chi connectivity index (χ0) is 24.6. The number of imidazole rings is 1. The van der Waals surface area contributed by atoms with Gasteiger partial charge < -0.3 is 9.47 Å². The molecule has 0 saturated carbocycles. The van der Waals surface area contributed by atoms with Crippen LogP contribution in [-0.4, -0.2) is 50.7 Å². The van der Waals surface area contributed by atoms with E-state index in [9.17, 15) is 14.4 Å². The quantitative estimate of drug-likeness (QED) is 0.531. The number of aromatic nitrogens is 2. The molecule has 2 aliphatic heterocycles.